The van der Waals surface area contributed by atoms with E-state index in [2.05, 4.69) is 12.1 Å². The lowest BCUT2D eigenvalue weighted by Crippen LogP contribution is -2.51. The molecule has 0 saturated heterocycles. The summed E-state index contributed by atoms with van der Waals surface area (Å²) in [4.78, 5) is 0. The Morgan fingerprint density at radius 3 is 2.67 bits per heavy atom. The molecule has 15 heavy (non-hydrogen) atoms. The summed E-state index contributed by atoms with van der Waals surface area (Å²) in [5.74, 6) is 0. The molecule has 0 amide bonds. The monoisotopic (exact) mass is 205 g/mol. The Bertz CT molecular complexity index is 312. The van der Waals surface area contributed by atoms with Crippen molar-refractivity contribution >= 4 is 0 Å². The van der Waals surface area contributed by atoms with E-state index < -0.39 is 5.60 Å². The van der Waals surface area contributed by atoms with Crippen molar-refractivity contribution in [3.8, 4) is 0 Å². The molecule has 1 fully saturated rings. The molecular formula is C13H19NO. The van der Waals surface area contributed by atoms with Crippen LogP contribution >= 0.6 is 0 Å². The van der Waals surface area contributed by atoms with Crippen LogP contribution in [0.3, 0.4) is 0 Å². The third-order valence-corrected chi connectivity index (χ3v) is 3.42. The van der Waals surface area contributed by atoms with Crippen molar-refractivity contribution in [1.29, 1.82) is 0 Å². The second kappa shape index (κ2) is 4.33. The number of aliphatic hydroxyl groups is 1. The molecule has 2 nitrogen and oxygen atoms in total. The van der Waals surface area contributed by atoms with Crippen molar-refractivity contribution in [2.24, 2.45) is 5.73 Å². The van der Waals surface area contributed by atoms with Crippen molar-refractivity contribution in [1.82, 2.24) is 0 Å². The van der Waals surface area contributed by atoms with Crippen LogP contribution in [0, 0.1) is 0 Å². The average Bonchev–Trinajstić information content (AvgIpc) is 2.24. The Labute approximate surface area is 91.1 Å². The molecule has 2 rings (SSSR count). The molecule has 82 valence electrons. The molecule has 0 spiro atoms. The molecule has 0 heterocycles. The second-order valence-electron chi connectivity index (χ2n) is 4.62. The van der Waals surface area contributed by atoms with Gasteiger partial charge in [0.25, 0.3) is 0 Å². The van der Waals surface area contributed by atoms with Gasteiger partial charge in [0.2, 0.25) is 0 Å². The van der Waals surface area contributed by atoms with Gasteiger partial charge >= 0.3 is 0 Å². The molecule has 1 aliphatic carbocycles. The highest BCUT2D eigenvalue weighted by Gasteiger charge is 2.36. The Balaban J connectivity index is 2.09. The zero-order chi connectivity index (χ0) is 10.7. The molecule has 1 aromatic rings. The van der Waals surface area contributed by atoms with Gasteiger partial charge in [0.05, 0.1) is 5.60 Å². The first kappa shape index (κ1) is 10.7. The van der Waals surface area contributed by atoms with Crippen LogP contribution in [0.15, 0.2) is 30.3 Å². The molecule has 2 atom stereocenters. The Morgan fingerprint density at radius 1 is 1.27 bits per heavy atom. The lowest BCUT2D eigenvalue weighted by molar-refractivity contribution is -0.0137. The van der Waals surface area contributed by atoms with E-state index in [0.717, 1.165) is 25.7 Å². The minimum absolute atomic E-state index is 0.0635. The summed E-state index contributed by atoms with van der Waals surface area (Å²) in [6.45, 7) is 0. The highest BCUT2D eigenvalue weighted by atomic mass is 16.3. The number of rotatable bonds is 2. The lowest BCUT2D eigenvalue weighted by Gasteiger charge is -2.38. The van der Waals surface area contributed by atoms with Crippen LogP contribution in [-0.4, -0.2) is 16.7 Å². The fraction of sp³-hybridized carbons (Fsp3) is 0.538. The Morgan fingerprint density at radius 2 is 2.00 bits per heavy atom. The van der Waals surface area contributed by atoms with Crippen LogP contribution in [0.25, 0.3) is 0 Å². The van der Waals surface area contributed by atoms with Crippen molar-refractivity contribution < 1.29 is 5.11 Å². The van der Waals surface area contributed by atoms with E-state index in [-0.39, 0.29) is 6.04 Å². The van der Waals surface area contributed by atoms with Crippen LogP contribution in [-0.2, 0) is 6.42 Å². The van der Waals surface area contributed by atoms with Gasteiger partial charge in [0, 0.05) is 12.5 Å². The predicted molar refractivity (Wildman–Crippen MR) is 61.5 cm³/mol. The van der Waals surface area contributed by atoms with Crippen molar-refractivity contribution in [3.63, 3.8) is 0 Å². The van der Waals surface area contributed by atoms with E-state index in [1.165, 1.54) is 5.56 Å². The molecular weight excluding hydrogens is 186 g/mol. The van der Waals surface area contributed by atoms with Crippen LogP contribution in [0.5, 0.6) is 0 Å². The first-order chi connectivity index (χ1) is 7.21. The Hall–Kier alpha value is -0.860. The number of hydrogen-bond donors (Lipinski definition) is 2. The standard InChI is InChI=1S/C13H19NO/c14-12-8-4-5-9-13(12,15)10-11-6-2-1-3-7-11/h1-3,6-7,12,15H,4-5,8-10,14H2. The third-order valence-electron chi connectivity index (χ3n) is 3.42. The minimum Gasteiger partial charge on any atom is -0.388 e. The zero-order valence-electron chi connectivity index (χ0n) is 9.02. The summed E-state index contributed by atoms with van der Waals surface area (Å²) in [5, 5.41) is 10.5. The van der Waals surface area contributed by atoms with Crippen LogP contribution in [0.1, 0.15) is 31.2 Å². The quantitative estimate of drug-likeness (QED) is 0.774. The molecule has 3 N–H and O–H groups in total. The highest BCUT2D eigenvalue weighted by Crippen LogP contribution is 2.30. The van der Waals surface area contributed by atoms with E-state index in [1.54, 1.807) is 0 Å². The largest absolute Gasteiger partial charge is 0.388 e. The molecule has 2 unspecified atom stereocenters. The topological polar surface area (TPSA) is 46.2 Å². The van der Waals surface area contributed by atoms with E-state index in [4.69, 9.17) is 5.73 Å². The minimum atomic E-state index is -0.681. The maximum atomic E-state index is 10.5. The van der Waals surface area contributed by atoms with Gasteiger partial charge in [-0.1, -0.05) is 43.2 Å². The fourth-order valence-electron chi connectivity index (χ4n) is 2.42. The summed E-state index contributed by atoms with van der Waals surface area (Å²) in [6.07, 6.45) is 4.72. The zero-order valence-corrected chi connectivity index (χ0v) is 9.02. The van der Waals surface area contributed by atoms with Crippen LogP contribution in [0.2, 0.25) is 0 Å². The van der Waals surface area contributed by atoms with Gasteiger partial charge in [0.1, 0.15) is 0 Å². The van der Waals surface area contributed by atoms with Gasteiger partial charge in [-0.05, 0) is 18.4 Å². The maximum Gasteiger partial charge on any atom is 0.0838 e. The third kappa shape index (κ3) is 2.39. The van der Waals surface area contributed by atoms with Crippen LogP contribution in [0.4, 0.5) is 0 Å². The molecule has 2 heteroatoms. The van der Waals surface area contributed by atoms with Gasteiger partial charge in [-0.3, -0.25) is 0 Å². The Kier molecular flexibility index (Phi) is 3.08. The summed E-state index contributed by atoms with van der Waals surface area (Å²) in [6, 6.07) is 10.1. The van der Waals surface area contributed by atoms with E-state index >= 15 is 0 Å². The normalized spacial score (nSPS) is 31.5. The maximum absolute atomic E-state index is 10.5. The average molecular weight is 205 g/mol. The first-order valence-electron chi connectivity index (χ1n) is 5.73. The summed E-state index contributed by atoms with van der Waals surface area (Å²) in [7, 11) is 0. The van der Waals surface area contributed by atoms with Gasteiger partial charge in [-0.15, -0.1) is 0 Å². The highest BCUT2D eigenvalue weighted by molar-refractivity contribution is 5.18. The molecule has 0 bridgehead atoms. The summed E-state index contributed by atoms with van der Waals surface area (Å²) in [5.41, 5.74) is 6.51. The van der Waals surface area contributed by atoms with Crippen molar-refractivity contribution in [2.45, 2.75) is 43.7 Å². The molecule has 1 saturated carbocycles. The summed E-state index contributed by atoms with van der Waals surface area (Å²) < 4.78 is 0. The van der Waals surface area contributed by atoms with Crippen molar-refractivity contribution in [3.05, 3.63) is 35.9 Å². The molecule has 0 radical (unpaired) electrons. The van der Waals surface area contributed by atoms with E-state index in [1.807, 2.05) is 18.2 Å². The molecule has 0 aliphatic heterocycles. The first-order valence-corrected chi connectivity index (χ1v) is 5.73. The van der Waals surface area contributed by atoms with Gasteiger partial charge in [0.15, 0.2) is 0 Å². The second-order valence-corrected chi connectivity index (χ2v) is 4.62. The fourth-order valence-corrected chi connectivity index (χ4v) is 2.42. The number of benzene rings is 1. The lowest BCUT2D eigenvalue weighted by atomic mass is 9.77. The van der Waals surface area contributed by atoms with Gasteiger partial charge < -0.3 is 10.8 Å². The SMILES string of the molecule is NC1CCCCC1(O)Cc1ccccc1. The van der Waals surface area contributed by atoms with Crippen LogP contribution < -0.4 is 5.73 Å². The van der Waals surface area contributed by atoms with Gasteiger partial charge in [-0.25, -0.2) is 0 Å². The summed E-state index contributed by atoms with van der Waals surface area (Å²) >= 11 is 0. The van der Waals surface area contributed by atoms with Crippen molar-refractivity contribution in [2.75, 3.05) is 0 Å². The molecule has 1 aliphatic rings. The molecule has 0 aromatic heterocycles. The molecule has 1 aromatic carbocycles. The predicted octanol–water partition coefficient (Wildman–Crippen LogP) is 1.86. The number of nitrogens with two attached hydrogens (primary N) is 1. The van der Waals surface area contributed by atoms with E-state index in [0.29, 0.717) is 6.42 Å². The van der Waals surface area contributed by atoms with Gasteiger partial charge in [-0.2, -0.15) is 0 Å². The smallest absolute Gasteiger partial charge is 0.0838 e. The number of hydrogen-bond acceptors (Lipinski definition) is 2. The van der Waals surface area contributed by atoms with E-state index in [9.17, 15) is 5.11 Å².